The molecule has 2 N–H and O–H groups in total. The van der Waals surface area contributed by atoms with Crippen molar-refractivity contribution < 1.29 is 5.11 Å². The van der Waals surface area contributed by atoms with Gasteiger partial charge in [0.1, 0.15) is 10.8 Å². The number of hydrogen-bond donors (Lipinski definition) is 2. The molecular formula is C14H18N2OS. The van der Waals surface area contributed by atoms with Crippen molar-refractivity contribution in [2.45, 2.75) is 32.9 Å². The molecule has 1 atom stereocenters. The second kappa shape index (κ2) is 5.98. The minimum atomic E-state index is 0.301. The quantitative estimate of drug-likeness (QED) is 0.868. The number of thiazole rings is 1. The van der Waals surface area contributed by atoms with Crippen LogP contribution in [0.5, 0.6) is 5.75 Å². The molecule has 1 heterocycles. The fourth-order valence-corrected chi connectivity index (χ4v) is 2.62. The lowest BCUT2D eigenvalue weighted by atomic mass is 10.0. The summed E-state index contributed by atoms with van der Waals surface area (Å²) in [7, 11) is 0. The lowest BCUT2D eigenvalue weighted by molar-refractivity contribution is 0.473. The van der Waals surface area contributed by atoms with Crippen molar-refractivity contribution in [2.24, 2.45) is 0 Å². The normalized spacial score (nSPS) is 12.6. The van der Waals surface area contributed by atoms with Gasteiger partial charge in [0.15, 0.2) is 0 Å². The van der Waals surface area contributed by atoms with Gasteiger partial charge in [-0.3, -0.25) is 0 Å². The number of nitrogens with one attached hydrogen (secondary N) is 1. The molecule has 0 bridgehead atoms. The molecule has 0 saturated carbocycles. The van der Waals surface area contributed by atoms with Crippen molar-refractivity contribution in [3.63, 3.8) is 0 Å². The van der Waals surface area contributed by atoms with Crippen LogP contribution in [0, 0.1) is 6.92 Å². The second-order valence-electron chi connectivity index (χ2n) is 4.32. The highest BCUT2D eigenvalue weighted by Gasteiger charge is 2.09. The molecule has 0 saturated heterocycles. The first-order valence-corrected chi connectivity index (χ1v) is 7.00. The van der Waals surface area contributed by atoms with Crippen LogP contribution in [0.25, 0.3) is 0 Å². The Kier molecular flexibility index (Phi) is 4.33. The van der Waals surface area contributed by atoms with Crippen molar-refractivity contribution in [1.29, 1.82) is 0 Å². The molecule has 4 heteroatoms. The summed E-state index contributed by atoms with van der Waals surface area (Å²) in [6.45, 7) is 4.95. The molecule has 18 heavy (non-hydrogen) atoms. The number of phenolic OH excluding ortho intramolecular Hbond substituents is 1. The summed E-state index contributed by atoms with van der Waals surface area (Å²) in [4.78, 5) is 4.44. The molecule has 2 aromatic rings. The van der Waals surface area contributed by atoms with Gasteiger partial charge in [-0.05, 0) is 31.0 Å². The molecule has 0 radical (unpaired) electrons. The van der Waals surface area contributed by atoms with Gasteiger partial charge in [0, 0.05) is 23.7 Å². The van der Waals surface area contributed by atoms with E-state index in [1.54, 1.807) is 23.5 Å². The third-order valence-electron chi connectivity index (χ3n) is 2.87. The van der Waals surface area contributed by atoms with Crippen LogP contribution in [-0.2, 0) is 6.54 Å². The number of aromatic nitrogens is 1. The van der Waals surface area contributed by atoms with Crippen LogP contribution in [0.3, 0.4) is 0 Å². The molecule has 1 aromatic carbocycles. The largest absolute Gasteiger partial charge is 0.508 e. The highest BCUT2D eigenvalue weighted by Crippen LogP contribution is 2.20. The summed E-state index contributed by atoms with van der Waals surface area (Å²) in [6, 6.07) is 7.68. The van der Waals surface area contributed by atoms with Crippen LogP contribution < -0.4 is 5.32 Å². The summed E-state index contributed by atoms with van der Waals surface area (Å²) in [5.41, 5.74) is 2.28. The van der Waals surface area contributed by atoms with Crippen LogP contribution in [0.4, 0.5) is 0 Å². The van der Waals surface area contributed by atoms with Gasteiger partial charge in [-0.15, -0.1) is 11.3 Å². The zero-order valence-corrected chi connectivity index (χ0v) is 11.5. The number of nitrogens with zero attached hydrogens (tertiary/aromatic N) is 1. The molecule has 1 aromatic heterocycles. The van der Waals surface area contributed by atoms with E-state index in [1.165, 1.54) is 5.56 Å². The SMILES string of the molecule is CCC(NCc1nc(C)cs1)c1ccc(O)cc1. The average Bonchev–Trinajstić information content (AvgIpc) is 2.78. The summed E-state index contributed by atoms with van der Waals surface area (Å²) in [6.07, 6.45) is 1.01. The van der Waals surface area contributed by atoms with Crippen molar-refractivity contribution >= 4 is 11.3 Å². The Morgan fingerprint density at radius 2 is 2.06 bits per heavy atom. The monoisotopic (exact) mass is 262 g/mol. The third-order valence-corrected chi connectivity index (χ3v) is 3.84. The first-order valence-electron chi connectivity index (χ1n) is 6.12. The van der Waals surface area contributed by atoms with Crippen LogP contribution >= 0.6 is 11.3 Å². The Morgan fingerprint density at radius 3 is 2.61 bits per heavy atom. The minimum Gasteiger partial charge on any atom is -0.508 e. The van der Waals surface area contributed by atoms with Crippen molar-refractivity contribution in [1.82, 2.24) is 10.3 Å². The maximum Gasteiger partial charge on any atom is 0.115 e. The topological polar surface area (TPSA) is 45.2 Å². The van der Waals surface area contributed by atoms with Gasteiger partial charge in [0.2, 0.25) is 0 Å². The lowest BCUT2D eigenvalue weighted by Gasteiger charge is -2.16. The van der Waals surface area contributed by atoms with E-state index in [0.717, 1.165) is 23.7 Å². The van der Waals surface area contributed by atoms with Crippen LogP contribution in [-0.4, -0.2) is 10.1 Å². The van der Waals surface area contributed by atoms with E-state index in [4.69, 9.17) is 0 Å². The van der Waals surface area contributed by atoms with E-state index in [9.17, 15) is 5.11 Å². The predicted octanol–water partition coefficient (Wildman–Crippen LogP) is 3.40. The second-order valence-corrected chi connectivity index (χ2v) is 5.26. The van der Waals surface area contributed by atoms with Crippen molar-refractivity contribution in [2.75, 3.05) is 0 Å². The molecule has 0 spiro atoms. The van der Waals surface area contributed by atoms with Gasteiger partial charge in [-0.1, -0.05) is 19.1 Å². The van der Waals surface area contributed by atoms with Gasteiger partial charge < -0.3 is 10.4 Å². The van der Waals surface area contributed by atoms with Crippen LogP contribution in [0.15, 0.2) is 29.6 Å². The Hall–Kier alpha value is -1.39. The van der Waals surface area contributed by atoms with E-state index in [2.05, 4.69) is 22.6 Å². The number of hydrogen-bond acceptors (Lipinski definition) is 4. The number of aryl methyl sites for hydroxylation is 1. The van der Waals surface area contributed by atoms with E-state index in [0.29, 0.717) is 11.8 Å². The van der Waals surface area contributed by atoms with Gasteiger partial charge >= 0.3 is 0 Å². The number of aromatic hydroxyl groups is 1. The van der Waals surface area contributed by atoms with Crippen LogP contribution in [0.2, 0.25) is 0 Å². The maximum absolute atomic E-state index is 9.29. The maximum atomic E-state index is 9.29. The molecule has 0 aliphatic heterocycles. The summed E-state index contributed by atoms with van der Waals surface area (Å²) in [5, 5.41) is 16.0. The van der Waals surface area contributed by atoms with Crippen molar-refractivity contribution in [3.05, 3.63) is 45.9 Å². The lowest BCUT2D eigenvalue weighted by Crippen LogP contribution is -2.20. The standard InChI is InChI=1S/C14H18N2OS/c1-3-13(11-4-6-12(17)7-5-11)15-8-14-16-10(2)9-18-14/h4-7,9,13,15,17H,3,8H2,1-2H3. The molecule has 96 valence electrons. The van der Waals surface area contributed by atoms with E-state index in [1.807, 2.05) is 19.1 Å². The number of rotatable bonds is 5. The van der Waals surface area contributed by atoms with Gasteiger partial charge in [0.25, 0.3) is 0 Å². The minimum absolute atomic E-state index is 0.301. The van der Waals surface area contributed by atoms with Gasteiger partial charge in [0.05, 0.1) is 0 Å². The molecule has 0 aliphatic rings. The summed E-state index contributed by atoms with van der Waals surface area (Å²) >= 11 is 1.69. The zero-order valence-electron chi connectivity index (χ0n) is 10.7. The number of benzene rings is 1. The fourth-order valence-electron chi connectivity index (χ4n) is 1.90. The van der Waals surface area contributed by atoms with Gasteiger partial charge in [-0.2, -0.15) is 0 Å². The summed E-state index contributed by atoms with van der Waals surface area (Å²) in [5.74, 6) is 0.309. The fraction of sp³-hybridized carbons (Fsp3) is 0.357. The molecule has 3 nitrogen and oxygen atoms in total. The molecule has 1 unspecified atom stereocenters. The molecule has 0 amide bonds. The van der Waals surface area contributed by atoms with E-state index < -0.39 is 0 Å². The predicted molar refractivity (Wildman–Crippen MR) is 74.8 cm³/mol. The highest BCUT2D eigenvalue weighted by molar-refractivity contribution is 7.09. The average molecular weight is 262 g/mol. The molecule has 2 rings (SSSR count). The first kappa shape index (κ1) is 13.1. The number of phenols is 1. The Labute approximate surface area is 112 Å². The molecule has 0 fully saturated rings. The Balaban J connectivity index is 1.99. The third kappa shape index (κ3) is 3.31. The smallest absolute Gasteiger partial charge is 0.115 e. The highest BCUT2D eigenvalue weighted by atomic mass is 32.1. The Bertz CT molecular complexity index is 493. The van der Waals surface area contributed by atoms with E-state index >= 15 is 0 Å². The molecular weight excluding hydrogens is 244 g/mol. The van der Waals surface area contributed by atoms with E-state index in [-0.39, 0.29) is 0 Å². The Morgan fingerprint density at radius 1 is 1.33 bits per heavy atom. The van der Waals surface area contributed by atoms with Gasteiger partial charge in [-0.25, -0.2) is 4.98 Å². The van der Waals surface area contributed by atoms with Crippen LogP contribution in [0.1, 0.15) is 35.7 Å². The molecule has 0 aliphatic carbocycles. The van der Waals surface area contributed by atoms with Crippen molar-refractivity contribution in [3.8, 4) is 5.75 Å². The summed E-state index contributed by atoms with van der Waals surface area (Å²) < 4.78 is 0. The first-order chi connectivity index (χ1) is 8.69. The zero-order chi connectivity index (χ0) is 13.0.